The second kappa shape index (κ2) is 6.31. The number of hydrogen-bond donors (Lipinski definition) is 0. The first-order chi connectivity index (χ1) is 10.3. The summed E-state index contributed by atoms with van der Waals surface area (Å²) in [6, 6.07) is 18.0. The smallest absolute Gasteiger partial charge is 0.127 e. The predicted octanol–water partition coefficient (Wildman–Crippen LogP) is 5.19. The van der Waals surface area contributed by atoms with Crippen LogP contribution in [0.25, 0.3) is 5.57 Å². The van der Waals surface area contributed by atoms with Gasteiger partial charge in [-0.05, 0) is 60.4 Å². The molecule has 2 heteroatoms. The van der Waals surface area contributed by atoms with E-state index in [0.29, 0.717) is 0 Å². The van der Waals surface area contributed by atoms with Gasteiger partial charge in [-0.3, -0.25) is 0 Å². The van der Waals surface area contributed by atoms with Crippen molar-refractivity contribution in [3.05, 3.63) is 78.1 Å². The van der Waals surface area contributed by atoms with Crippen LogP contribution in [0.2, 0.25) is 0 Å². The second-order valence-corrected chi connectivity index (χ2v) is 4.96. The quantitative estimate of drug-likeness (QED) is 0.766. The Labute approximate surface area is 125 Å². The van der Waals surface area contributed by atoms with Gasteiger partial charge in [0, 0.05) is 0 Å². The first-order valence-electron chi connectivity index (χ1n) is 7.13. The second-order valence-electron chi connectivity index (χ2n) is 4.96. The molecule has 0 unspecified atom stereocenters. The maximum Gasteiger partial charge on any atom is 0.127 e. The van der Waals surface area contributed by atoms with Crippen molar-refractivity contribution >= 4 is 5.57 Å². The molecule has 0 aromatic heterocycles. The van der Waals surface area contributed by atoms with Gasteiger partial charge in [0.05, 0.1) is 7.11 Å². The predicted molar refractivity (Wildman–Crippen MR) is 85.3 cm³/mol. The van der Waals surface area contributed by atoms with Crippen LogP contribution in [0.4, 0.5) is 0 Å². The lowest BCUT2D eigenvalue weighted by Gasteiger charge is -2.14. The van der Waals surface area contributed by atoms with E-state index in [4.69, 9.17) is 9.47 Å². The number of allylic oxidation sites excluding steroid dienone is 3. The molecule has 0 amide bonds. The van der Waals surface area contributed by atoms with Crippen LogP contribution in [0, 0.1) is 0 Å². The van der Waals surface area contributed by atoms with Crippen molar-refractivity contribution in [3.63, 3.8) is 0 Å². The van der Waals surface area contributed by atoms with Gasteiger partial charge in [-0.1, -0.05) is 30.3 Å². The van der Waals surface area contributed by atoms with Gasteiger partial charge < -0.3 is 9.47 Å². The van der Waals surface area contributed by atoms with Crippen LogP contribution in [0.5, 0.6) is 11.5 Å². The summed E-state index contributed by atoms with van der Waals surface area (Å²) in [6.45, 7) is 0. The van der Waals surface area contributed by atoms with E-state index in [1.54, 1.807) is 7.11 Å². The Balaban J connectivity index is 1.75. The Hall–Kier alpha value is -2.48. The Bertz CT molecular complexity index is 652. The van der Waals surface area contributed by atoms with Crippen molar-refractivity contribution < 1.29 is 9.47 Å². The third-order valence-corrected chi connectivity index (χ3v) is 3.52. The van der Waals surface area contributed by atoms with Crippen LogP contribution in [-0.2, 0) is 4.74 Å². The largest absolute Gasteiger partial charge is 0.497 e. The first kappa shape index (κ1) is 13.5. The average molecular weight is 278 g/mol. The average Bonchev–Trinajstić information content (AvgIpc) is 2.56. The maximum atomic E-state index is 5.81. The lowest BCUT2D eigenvalue weighted by Crippen LogP contribution is -1.94. The number of ether oxygens (including phenoxy) is 2. The van der Waals surface area contributed by atoms with Gasteiger partial charge in [0.1, 0.15) is 17.3 Å². The fourth-order valence-corrected chi connectivity index (χ4v) is 2.40. The Morgan fingerprint density at radius 2 is 1.57 bits per heavy atom. The molecule has 0 atom stereocenters. The zero-order valence-electron chi connectivity index (χ0n) is 12.1. The van der Waals surface area contributed by atoms with E-state index >= 15 is 0 Å². The molecule has 1 aliphatic rings. The van der Waals surface area contributed by atoms with E-state index in [0.717, 1.165) is 30.1 Å². The third-order valence-electron chi connectivity index (χ3n) is 3.52. The fourth-order valence-electron chi connectivity index (χ4n) is 2.40. The van der Waals surface area contributed by atoms with Crippen LogP contribution >= 0.6 is 0 Å². The van der Waals surface area contributed by atoms with Crippen molar-refractivity contribution in [1.29, 1.82) is 0 Å². The summed E-state index contributed by atoms with van der Waals surface area (Å²) in [7, 11) is 1.71. The van der Waals surface area contributed by atoms with Crippen LogP contribution in [0.15, 0.2) is 72.5 Å². The molecule has 0 aliphatic heterocycles. The summed E-state index contributed by atoms with van der Waals surface area (Å²) >= 11 is 0. The van der Waals surface area contributed by atoms with Crippen LogP contribution < -0.4 is 4.74 Å². The van der Waals surface area contributed by atoms with Crippen LogP contribution in [-0.4, -0.2) is 7.11 Å². The first-order valence-corrected chi connectivity index (χ1v) is 7.13. The van der Waals surface area contributed by atoms with Crippen molar-refractivity contribution in [2.24, 2.45) is 0 Å². The molecule has 1 aliphatic carbocycles. The van der Waals surface area contributed by atoms with Gasteiger partial charge in [0.2, 0.25) is 0 Å². The van der Waals surface area contributed by atoms with Gasteiger partial charge in [-0.2, -0.15) is 0 Å². The Morgan fingerprint density at radius 3 is 2.29 bits per heavy atom. The summed E-state index contributed by atoms with van der Waals surface area (Å²) in [6.07, 6.45) is 6.30. The summed E-state index contributed by atoms with van der Waals surface area (Å²) in [5.74, 6) is 2.65. The molecule has 0 saturated carbocycles. The third kappa shape index (κ3) is 3.34. The Kier molecular flexibility index (Phi) is 4.06. The van der Waals surface area contributed by atoms with Crippen molar-refractivity contribution in [2.45, 2.75) is 12.8 Å². The number of para-hydroxylation sites is 1. The van der Waals surface area contributed by atoms with Crippen LogP contribution in [0.1, 0.15) is 18.4 Å². The molecule has 0 bridgehead atoms. The fraction of sp³-hybridized carbons (Fsp3) is 0.158. The standard InChI is InChI=1S/C19H18O2/c1-20-19-9-5-6-16(14-19)15-10-12-18(13-11-15)21-17-7-3-2-4-8-17/h2-4,7-14H,5-6H2,1H3. The van der Waals surface area contributed by atoms with Crippen molar-refractivity contribution in [3.8, 4) is 11.5 Å². The molecule has 0 N–H and O–H groups in total. The summed E-state index contributed by atoms with van der Waals surface area (Å²) in [5, 5.41) is 0. The Morgan fingerprint density at radius 1 is 0.857 bits per heavy atom. The van der Waals surface area contributed by atoms with Gasteiger partial charge in [0.25, 0.3) is 0 Å². The minimum Gasteiger partial charge on any atom is -0.497 e. The molecule has 0 fully saturated rings. The molecule has 0 heterocycles. The minimum absolute atomic E-state index is 0.851. The van der Waals surface area contributed by atoms with E-state index in [1.807, 2.05) is 42.5 Å². The maximum absolute atomic E-state index is 5.81. The molecule has 0 spiro atoms. The zero-order chi connectivity index (χ0) is 14.5. The highest BCUT2D eigenvalue weighted by atomic mass is 16.5. The molecule has 3 rings (SSSR count). The number of rotatable bonds is 4. The minimum atomic E-state index is 0.851. The number of methoxy groups -OCH3 is 1. The van der Waals surface area contributed by atoms with E-state index in [9.17, 15) is 0 Å². The van der Waals surface area contributed by atoms with Gasteiger partial charge in [0.15, 0.2) is 0 Å². The topological polar surface area (TPSA) is 18.5 Å². The highest BCUT2D eigenvalue weighted by Crippen LogP contribution is 2.29. The summed E-state index contributed by atoms with van der Waals surface area (Å²) in [4.78, 5) is 0. The SMILES string of the molecule is COC1=CCCC(c2ccc(Oc3ccccc3)cc2)=C1. The van der Waals surface area contributed by atoms with Crippen molar-refractivity contribution in [1.82, 2.24) is 0 Å². The molecule has 106 valence electrons. The van der Waals surface area contributed by atoms with Crippen molar-refractivity contribution in [2.75, 3.05) is 7.11 Å². The van der Waals surface area contributed by atoms with E-state index in [2.05, 4.69) is 24.3 Å². The summed E-state index contributed by atoms with van der Waals surface area (Å²) in [5.41, 5.74) is 2.53. The highest BCUT2D eigenvalue weighted by molar-refractivity contribution is 5.69. The molecular formula is C19H18O2. The van der Waals surface area contributed by atoms with E-state index in [-0.39, 0.29) is 0 Å². The van der Waals surface area contributed by atoms with E-state index < -0.39 is 0 Å². The molecule has 2 nitrogen and oxygen atoms in total. The van der Waals surface area contributed by atoms with Gasteiger partial charge >= 0.3 is 0 Å². The lowest BCUT2D eigenvalue weighted by molar-refractivity contribution is 0.304. The molecule has 0 radical (unpaired) electrons. The molecular weight excluding hydrogens is 260 g/mol. The van der Waals surface area contributed by atoms with E-state index in [1.165, 1.54) is 11.1 Å². The monoisotopic (exact) mass is 278 g/mol. The van der Waals surface area contributed by atoms with Crippen LogP contribution in [0.3, 0.4) is 0 Å². The highest BCUT2D eigenvalue weighted by Gasteiger charge is 2.08. The lowest BCUT2D eigenvalue weighted by atomic mass is 9.97. The number of benzene rings is 2. The molecule has 0 saturated heterocycles. The van der Waals surface area contributed by atoms with Gasteiger partial charge in [-0.25, -0.2) is 0 Å². The number of hydrogen-bond acceptors (Lipinski definition) is 2. The molecule has 2 aromatic carbocycles. The summed E-state index contributed by atoms with van der Waals surface area (Å²) < 4.78 is 11.1. The normalized spacial score (nSPS) is 14.1. The molecule has 21 heavy (non-hydrogen) atoms. The van der Waals surface area contributed by atoms with Gasteiger partial charge in [-0.15, -0.1) is 0 Å². The zero-order valence-corrected chi connectivity index (χ0v) is 12.1. The molecule has 2 aromatic rings.